The number of nitrogens with zero attached hydrogens (tertiary/aromatic N) is 1. The van der Waals surface area contributed by atoms with Gasteiger partial charge in [0.15, 0.2) is 0 Å². The van der Waals surface area contributed by atoms with Crippen molar-refractivity contribution in [2.45, 2.75) is 44.9 Å². The number of hydrogen-bond donors (Lipinski definition) is 2. The minimum atomic E-state index is -0.510. The van der Waals surface area contributed by atoms with Crippen LogP contribution in [-0.2, 0) is 4.74 Å². The third-order valence-corrected chi connectivity index (χ3v) is 2.29. The van der Waals surface area contributed by atoms with E-state index >= 15 is 0 Å². The lowest BCUT2D eigenvalue weighted by Gasteiger charge is -2.27. The normalized spacial score (nSPS) is 26.9. The second-order valence-electron chi connectivity index (χ2n) is 4.96. The third kappa shape index (κ3) is 3.35. The Morgan fingerprint density at radius 1 is 1.60 bits per heavy atom. The fourth-order valence-electron chi connectivity index (χ4n) is 1.67. The summed E-state index contributed by atoms with van der Waals surface area (Å²) in [7, 11) is 0. The highest BCUT2D eigenvalue weighted by Crippen LogP contribution is 2.19. The van der Waals surface area contributed by atoms with E-state index in [0.29, 0.717) is 13.0 Å². The van der Waals surface area contributed by atoms with E-state index in [-0.39, 0.29) is 18.7 Å². The van der Waals surface area contributed by atoms with E-state index in [1.807, 2.05) is 20.8 Å². The highest BCUT2D eigenvalue weighted by atomic mass is 16.6. The molecule has 0 spiro atoms. The summed E-state index contributed by atoms with van der Waals surface area (Å²) in [4.78, 5) is 13.2. The number of carbonyl (C=O) groups is 1. The Labute approximate surface area is 90.2 Å². The average molecular weight is 216 g/mol. The number of aliphatic hydroxyl groups excluding tert-OH is 1. The number of aliphatic hydroxyl groups is 1. The molecule has 0 saturated carbocycles. The Morgan fingerprint density at radius 3 is 2.67 bits per heavy atom. The first-order valence-corrected chi connectivity index (χ1v) is 5.19. The SMILES string of the molecule is CC(C)(C)OC(=O)N1CC(N)C[C@@H]1CO. The van der Waals surface area contributed by atoms with Gasteiger partial charge >= 0.3 is 6.09 Å². The molecule has 1 aliphatic heterocycles. The van der Waals surface area contributed by atoms with E-state index < -0.39 is 11.7 Å². The van der Waals surface area contributed by atoms with Crippen molar-refractivity contribution in [1.29, 1.82) is 0 Å². The summed E-state index contributed by atoms with van der Waals surface area (Å²) in [5.74, 6) is 0. The van der Waals surface area contributed by atoms with Crippen molar-refractivity contribution in [1.82, 2.24) is 4.90 Å². The molecule has 1 heterocycles. The third-order valence-electron chi connectivity index (χ3n) is 2.29. The van der Waals surface area contributed by atoms with Gasteiger partial charge in [0.05, 0.1) is 12.6 Å². The van der Waals surface area contributed by atoms with Gasteiger partial charge in [-0.05, 0) is 27.2 Å². The molecule has 1 unspecified atom stereocenters. The molecule has 3 N–H and O–H groups in total. The van der Waals surface area contributed by atoms with E-state index in [4.69, 9.17) is 15.6 Å². The fraction of sp³-hybridized carbons (Fsp3) is 0.900. The molecule has 5 heteroatoms. The maximum absolute atomic E-state index is 11.7. The molecular weight excluding hydrogens is 196 g/mol. The van der Waals surface area contributed by atoms with Crippen molar-refractivity contribution in [2.75, 3.05) is 13.2 Å². The molecule has 1 aliphatic rings. The van der Waals surface area contributed by atoms with Crippen LogP contribution in [0.5, 0.6) is 0 Å². The van der Waals surface area contributed by atoms with Crippen molar-refractivity contribution < 1.29 is 14.6 Å². The highest BCUT2D eigenvalue weighted by molar-refractivity contribution is 5.69. The first kappa shape index (κ1) is 12.3. The summed E-state index contributed by atoms with van der Waals surface area (Å²) in [5.41, 5.74) is 5.22. The predicted octanol–water partition coefficient (Wildman–Crippen LogP) is 0.315. The molecule has 0 aromatic carbocycles. The van der Waals surface area contributed by atoms with E-state index in [0.717, 1.165) is 0 Å². The topological polar surface area (TPSA) is 75.8 Å². The van der Waals surface area contributed by atoms with Gasteiger partial charge in [-0.25, -0.2) is 4.79 Å². The summed E-state index contributed by atoms with van der Waals surface area (Å²) < 4.78 is 5.22. The van der Waals surface area contributed by atoms with Crippen LogP contribution < -0.4 is 5.73 Å². The van der Waals surface area contributed by atoms with Gasteiger partial charge in [0.25, 0.3) is 0 Å². The van der Waals surface area contributed by atoms with Gasteiger partial charge in [-0.3, -0.25) is 0 Å². The Balaban J connectivity index is 2.59. The summed E-state index contributed by atoms with van der Waals surface area (Å²) in [6, 6.07) is -0.260. The number of likely N-dealkylation sites (tertiary alicyclic amines) is 1. The van der Waals surface area contributed by atoms with Crippen LogP contribution in [0.4, 0.5) is 4.79 Å². The number of rotatable bonds is 1. The number of carbonyl (C=O) groups excluding carboxylic acids is 1. The quantitative estimate of drug-likeness (QED) is 0.661. The molecule has 0 radical (unpaired) electrons. The Bertz CT molecular complexity index is 237. The van der Waals surface area contributed by atoms with Crippen molar-refractivity contribution in [2.24, 2.45) is 5.73 Å². The van der Waals surface area contributed by atoms with Crippen LogP contribution in [0.3, 0.4) is 0 Å². The molecule has 15 heavy (non-hydrogen) atoms. The molecule has 0 aliphatic carbocycles. The molecule has 0 aromatic heterocycles. The van der Waals surface area contributed by atoms with Crippen LogP contribution in [0.25, 0.3) is 0 Å². The first-order valence-electron chi connectivity index (χ1n) is 5.19. The van der Waals surface area contributed by atoms with Crippen molar-refractivity contribution in [3.63, 3.8) is 0 Å². The van der Waals surface area contributed by atoms with Gasteiger partial charge in [0, 0.05) is 12.6 Å². The van der Waals surface area contributed by atoms with Gasteiger partial charge in [-0.1, -0.05) is 0 Å². The maximum atomic E-state index is 11.7. The van der Waals surface area contributed by atoms with Gasteiger partial charge in [-0.15, -0.1) is 0 Å². The van der Waals surface area contributed by atoms with Gasteiger partial charge in [0.1, 0.15) is 5.60 Å². The highest BCUT2D eigenvalue weighted by Gasteiger charge is 2.35. The zero-order chi connectivity index (χ0) is 11.6. The molecule has 0 aromatic rings. The molecule has 1 fully saturated rings. The lowest BCUT2D eigenvalue weighted by molar-refractivity contribution is 0.0175. The number of amides is 1. The van der Waals surface area contributed by atoms with E-state index in [2.05, 4.69) is 0 Å². The van der Waals surface area contributed by atoms with Crippen LogP contribution in [-0.4, -0.2) is 46.9 Å². The minimum Gasteiger partial charge on any atom is -0.444 e. The molecule has 88 valence electrons. The molecule has 1 rings (SSSR count). The minimum absolute atomic E-state index is 0.0605. The van der Waals surface area contributed by atoms with E-state index in [1.165, 1.54) is 4.90 Å². The van der Waals surface area contributed by atoms with Crippen molar-refractivity contribution in [3.05, 3.63) is 0 Å². The van der Waals surface area contributed by atoms with Crippen LogP contribution >= 0.6 is 0 Å². The van der Waals surface area contributed by atoms with Gasteiger partial charge < -0.3 is 20.5 Å². The van der Waals surface area contributed by atoms with E-state index in [9.17, 15) is 4.79 Å². The zero-order valence-electron chi connectivity index (χ0n) is 9.56. The van der Waals surface area contributed by atoms with Gasteiger partial charge in [0.2, 0.25) is 0 Å². The molecule has 1 saturated heterocycles. The lowest BCUT2D eigenvalue weighted by atomic mass is 10.2. The fourth-order valence-corrected chi connectivity index (χ4v) is 1.67. The van der Waals surface area contributed by atoms with Crippen LogP contribution in [0.2, 0.25) is 0 Å². The monoisotopic (exact) mass is 216 g/mol. The largest absolute Gasteiger partial charge is 0.444 e. The Kier molecular flexibility index (Phi) is 3.57. The summed E-state index contributed by atoms with van der Waals surface area (Å²) in [5, 5.41) is 9.10. The summed E-state index contributed by atoms with van der Waals surface area (Å²) in [6.45, 7) is 5.84. The second-order valence-corrected chi connectivity index (χ2v) is 4.96. The average Bonchev–Trinajstić information content (AvgIpc) is 2.43. The van der Waals surface area contributed by atoms with E-state index in [1.54, 1.807) is 0 Å². The molecule has 0 bridgehead atoms. The molecular formula is C10H20N2O3. The second kappa shape index (κ2) is 4.37. The lowest BCUT2D eigenvalue weighted by Crippen LogP contribution is -2.41. The number of nitrogens with two attached hydrogens (primary N) is 1. The first-order chi connectivity index (χ1) is 6.83. The van der Waals surface area contributed by atoms with Crippen molar-refractivity contribution in [3.8, 4) is 0 Å². The standard InChI is InChI=1S/C10H20N2O3/c1-10(2,3)15-9(14)12-5-7(11)4-8(12)6-13/h7-8,13H,4-6,11H2,1-3H3/t7?,8-/m1/s1. The van der Waals surface area contributed by atoms with Crippen LogP contribution in [0.1, 0.15) is 27.2 Å². The number of ether oxygens (including phenoxy) is 1. The summed E-state index contributed by atoms with van der Waals surface area (Å²) >= 11 is 0. The predicted molar refractivity (Wildman–Crippen MR) is 56.4 cm³/mol. The Morgan fingerprint density at radius 2 is 2.20 bits per heavy atom. The van der Waals surface area contributed by atoms with Gasteiger partial charge in [-0.2, -0.15) is 0 Å². The molecule has 1 amide bonds. The number of hydrogen-bond acceptors (Lipinski definition) is 4. The van der Waals surface area contributed by atoms with Crippen LogP contribution in [0, 0.1) is 0 Å². The Hall–Kier alpha value is -0.810. The maximum Gasteiger partial charge on any atom is 0.410 e. The smallest absolute Gasteiger partial charge is 0.410 e. The molecule has 2 atom stereocenters. The van der Waals surface area contributed by atoms with Crippen LogP contribution in [0.15, 0.2) is 0 Å². The molecule has 5 nitrogen and oxygen atoms in total. The van der Waals surface area contributed by atoms with Crippen molar-refractivity contribution >= 4 is 6.09 Å². The zero-order valence-corrected chi connectivity index (χ0v) is 9.56. The summed E-state index contributed by atoms with van der Waals surface area (Å²) in [6.07, 6.45) is 0.241.